The molecule has 0 saturated carbocycles. The fraction of sp³-hybridized carbons (Fsp3) is 0.381. The lowest BCUT2D eigenvalue weighted by atomic mass is 10.2. The zero-order chi connectivity index (χ0) is 20.9. The molecule has 1 fully saturated rings. The van der Waals surface area contributed by atoms with Crippen LogP contribution < -0.4 is 9.64 Å². The number of hydrogen-bond acceptors (Lipinski definition) is 4. The molecule has 156 valence electrons. The van der Waals surface area contributed by atoms with Crippen LogP contribution in [0.1, 0.15) is 5.56 Å². The van der Waals surface area contributed by atoms with Gasteiger partial charge in [0.1, 0.15) is 5.75 Å². The van der Waals surface area contributed by atoms with Crippen LogP contribution in [0.15, 0.2) is 59.5 Å². The van der Waals surface area contributed by atoms with Crippen molar-refractivity contribution in [2.45, 2.75) is 11.4 Å². The van der Waals surface area contributed by atoms with Crippen molar-refractivity contribution in [3.63, 3.8) is 0 Å². The molecule has 8 heteroatoms. The van der Waals surface area contributed by atoms with Crippen LogP contribution in [0, 0.1) is 0 Å². The monoisotopic (exact) mass is 418 g/mol. The highest BCUT2D eigenvalue weighted by molar-refractivity contribution is 7.89. The highest BCUT2D eigenvalue weighted by Crippen LogP contribution is 2.20. The Morgan fingerprint density at radius 3 is 2.31 bits per heavy atom. The summed E-state index contributed by atoms with van der Waals surface area (Å²) in [5.41, 5.74) is 0.919. The van der Waals surface area contributed by atoms with Crippen molar-refractivity contribution < 1.29 is 22.8 Å². The minimum atomic E-state index is -3.61. The largest absolute Gasteiger partial charge is 0.484 e. The maximum absolute atomic E-state index is 12.8. The number of benzene rings is 2. The van der Waals surface area contributed by atoms with Gasteiger partial charge in [-0.25, -0.2) is 8.42 Å². The van der Waals surface area contributed by atoms with Gasteiger partial charge in [-0.15, -0.1) is 0 Å². The molecule has 2 aromatic rings. The van der Waals surface area contributed by atoms with E-state index in [0.717, 1.165) is 31.7 Å². The second-order valence-electron chi connectivity index (χ2n) is 7.34. The Bertz CT molecular complexity index is 909. The Labute approximate surface area is 172 Å². The maximum Gasteiger partial charge on any atom is 0.260 e. The van der Waals surface area contributed by atoms with E-state index in [9.17, 15) is 13.2 Å². The average molecular weight is 419 g/mol. The Hall–Kier alpha value is -2.42. The number of carbonyl (C=O) groups excluding carboxylic acids is 1. The highest BCUT2D eigenvalue weighted by Gasteiger charge is 2.23. The van der Waals surface area contributed by atoms with Crippen molar-refractivity contribution in [2.75, 3.05) is 46.9 Å². The summed E-state index contributed by atoms with van der Waals surface area (Å²) in [5, 5.41) is 0. The summed E-state index contributed by atoms with van der Waals surface area (Å²) in [7, 11) is 0.0677. The number of rotatable bonds is 7. The topological polar surface area (TPSA) is 71.4 Å². The number of sulfonamides is 1. The molecule has 0 atom stereocenters. The average Bonchev–Trinajstić information content (AvgIpc) is 2.73. The van der Waals surface area contributed by atoms with Gasteiger partial charge in [0.2, 0.25) is 10.0 Å². The second kappa shape index (κ2) is 9.39. The number of nitrogens with zero attached hydrogens (tertiary/aromatic N) is 2. The van der Waals surface area contributed by atoms with E-state index in [4.69, 9.17) is 4.74 Å². The molecule has 0 aliphatic carbocycles. The molecule has 0 radical (unpaired) electrons. The van der Waals surface area contributed by atoms with Crippen molar-refractivity contribution in [1.29, 1.82) is 0 Å². The number of piperazine rings is 1. The molecule has 0 spiro atoms. The first-order chi connectivity index (χ1) is 13.9. The number of hydrogen-bond donors (Lipinski definition) is 1. The van der Waals surface area contributed by atoms with Gasteiger partial charge >= 0.3 is 0 Å². The fourth-order valence-electron chi connectivity index (χ4n) is 3.19. The van der Waals surface area contributed by atoms with E-state index in [1.54, 1.807) is 19.2 Å². The number of nitrogens with one attached hydrogen (secondary N) is 1. The van der Waals surface area contributed by atoms with E-state index in [0.29, 0.717) is 12.3 Å². The van der Waals surface area contributed by atoms with E-state index in [-0.39, 0.29) is 17.4 Å². The van der Waals surface area contributed by atoms with Gasteiger partial charge in [0, 0.05) is 13.6 Å². The Kier molecular flexibility index (Phi) is 6.89. The van der Waals surface area contributed by atoms with Gasteiger partial charge in [0.25, 0.3) is 5.91 Å². The van der Waals surface area contributed by atoms with Gasteiger partial charge in [0.05, 0.1) is 38.1 Å². The maximum atomic E-state index is 12.8. The Balaban J connectivity index is 1.56. The SMILES string of the molecule is CN(Cc1ccccc1)S(=O)(=O)c1ccc(OCC(=O)N2CC[NH+](C)CC2)cc1. The quantitative estimate of drug-likeness (QED) is 0.700. The summed E-state index contributed by atoms with van der Waals surface area (Å²) in [4.78, 5) is 15.7. The van der Waals surface area contributed by atoms with Gasteiger partial charge in [-0.2, -0.15) is 4.31 Å². The van der Waals surface area contributed by atoms with E-state index in [1.807, 2.05) is 35.2 Å². The van der Waals surface area contributed by atoms with Crippen LogP contribution in [0.25, 0.3) is 0 Å². The molecule has 1 aliphatic rings. The summed E-state index contributed by atoms with van der Waals surface area (Å²) in [6.07, 6.45) is 0. The summed E-state index contributed by atoms with van der Waals surface area (Å²) >= 11 is 0. The van der Waals surface area contributed by atoms with E-state index in [2.05, 4.69) is 7.05 Å². The summed E-state index contributed by atoms with van der Waals surface area (Å²) in [6, 6.07) is 15.6. The van der Waals surface area contributed by atoms with Crippen LogP contribution in [0.5, 0.6) is 5.75 Å². The molecule has 2 aromatic carbocycles. The molecule has 0 unspecified atom stereocenters. The first-order valence-corrected chi connectivity index (χ1v) is 11.1. The number of likely N-dealkylation sites (N-methyl/N-ethyl adjacent to an activating group) is 1. The lowest BCUT2D eigenvalue weighted by Gasteiger charge is -2.29. The van der Waals surface area contributed by atoms with E-state index in [1.165, 1.54) is 21.3 Å². The van der Waals surface area contributed by atoms with Crippen LogP contribution in [-0.4, -0.2) is 70.4 Å². The summed E-state index contributed by atoms with van der Waals surface area (Å²) < 4.78 is 32.4. The summed E-state index contributed by atoms with van der Waals surface area (Å²) in [6.45, 7) is 3.60. The zero-order valence-electron chi connectivity index (χ0n) is 16.9. The van der Waals surface area contributed by atoms with E-state index >= 15 is 0 Å². The van der Waals surface area contributed by atoms with Gasteiger partial charge in [-0.1, -0.05) is 30.3 Å². The molecule has 0 bridgehead atoms. The molecule has 1 aliphatic heterocycles. The van der Waals surface area contributed by atoms with Gasteiger partial charge < -0.3 is 14.5 Å². The predicted octanol–water partition coefficient (Wildman–Crippen LogP) is 0.243. The third-order valence-corrected chi connectivity index (χ3v) is 6.93. The zero-order valence-corrected chi connectivity index (χ0v) is 17.7. The minimum Gasteiger partial charge on any atom is -0.484 e. The Morgan fingerprint density at radius 1 is 1.07 bits per heavy atom. The van der Waals surface area contributed by atoms with Crippen molar-refractivity contribution in [3.05, 3.63) is 60.2 Å². The second-order valence-corrected chi connectivity index (χ2v) is 9.39. The van der Waals surface area contributed by atoms with Gasteiger partial charge in [-0.3, -0.25) is 4.79 Å². The lowest BCUT2D eigenvalue weighted by Crippen LogP contribution is -3.12. The van der Waals surface area contributed by atoms with Gasteiger partial charge in [-0.05, 0) is 29.8 Å². The molecule has 1 saturated heterocycles. The molecule has 29 heavy (non-hydrogen) atoms. The first kappa shape index (κ1) is 21.3. The number of amides is 1. The highest BCUT2D eigenvalue weighted by atomic mass is 32.2. The number of carbonyl (C=O) groups is 1. The standard InChI is InChI=1S/C21H27N3O4S/c1-22-12-14-24(15-13-22)21(25)17-28-19-8-10-20(11-9-19)29(26,27)23(2)16-18-6-4-3-5-7-18/h3-11H,12-17H2,1-2H3/p+1. The normalized spacial score (nSPS) is 15.5. The van der Waals surface area contributed by atoms with Crippen LogP contribution in [0.3, 0.4) is 0 Å². The molecule has 7 nitrogen and oxygen atoms in total. The van der Waals surface area contributed by atoms with Crippen LogP contribution in [0.4, 0.5) is 0 Å². The van der Waals surface area contributed by atoms with Crippen molar-refractivity contribution in [1.82, 2.24) is 9.21 Å². The lowest BCUT2D eigenvalue weighted by molar-refractivity contribution is -0.883. The summed E-state index contributed by atoms with van der Waals surface area (Å²) in [5.74, 6) is 0.430. The van der Waals surface area contributed by atoms with Crippen LogP contribution >= 0.6 is 0 Å². The van der Waals surface area contributed by atoms with Gasteiger partial charge in [0.15, 0.2) is 6.61 Å². The predicted molar refractivity (Wildman–Crippen MR) is 110 cm³/mol. The molecule has 1 N–H and O–H groups in total. The molecule has 3 rings (SSSR count). The molecule has 1 amide bonds. The minimum absolute atomic E-state index is 0.0426. The van der Waals surface area contributed by atoms with E-state index < -0.39 is 10.0 Å². The molecular weight excluding hydrogens is 390 g/mol. The number of ether oxygens (including phenoxy) is 1. The molecular formula is C21H28N3O4S+. The van der Waals surface area contributed by atoms with Crippen LogP contribution in [-0.2, 0) is 21.4 Å². The smallest absolute Gasteiger partial charge is 0.260 e. The molecule has 1 heterocycles. The first-order valence-electron chi connectivity index (χ1n) is 9.68. The Morgan fingerprint density at radius 2 is 1.69 bits per heavy atom. The van der Waals surface area contributed by atoms with Crippen molar-refractivity contribution >= 4 is 15.9 Å². The third kappa shape index (κ3) is 5.56. The third-order valence-electron chi connectivity index (χ3n) is 5.11. The van der Waals surface area contributed by atoms with Crippen molar-refractivity contribution in [2.24, 2.45) is 0 Å². The molecule has 0 aromatic heterocycles. The van der Waals surface area contributed by atoms with Crippen molar-refractivity contribution in [3.8, 4) is 5.75 Å². The van der Waals surface area contributed by atoms with Crippen LogP contribution in [0.2, 0.25) is 0 Å². The fourth-order valence-corrected chi connectivity index (χ4v) is 4.35. The number of quaternary nitrogens is 1.